The van der Waals surface area contributed by atoms with Crippen LogP contribution in [-0.4, -0.2) is 0 Å². The third kappa shape index (κ3) is 6.81. The minimum absolute atomic E-state index is 0.100. The van der Waals surface area contributed by atoms with Gasteiger partial charge in [-0.05, 0) is 144 Å². The number of nitrogen functional groups attached to an aromatic ring is 2. The number of fused-ring (bicyclic) bond motifs is 3. The Morgan fingerprint density at radius 3 is 1.66 bits per heavy atom. The van der Waals surface area contributed by atoms with E-state index in [1.807, 2.05) is 12.1 Å². The van der Waals surface area contributed by atoms with Crippen LogP contribution < -0.4 is 11.5 Å². The number of para-hydroxylation sites is 1. The Morgan fingerprint density at radius 2 is 0.902 bits per heavy atom. The van der Waals surface area contributed by atoms with Crippen molar-refractivity contribution in [2.45, 2.75) is 32.6 Å². The summed E-state index contributed by atoms with van der Waals surface area (Å²) in [5.41, 5.74) is 37.9. The van der Waals surface area contributed by atoms with Crippen molar-refractivity contribution in [1.82, 2.24) is 0 Å². The Kier molecular flexibility index (Phi) is 9.49. The van der Waals surface area contributed by atoms with Crippen LogP contribution in [0.25, 0.3) is 77.9 Å². The van der Waals surface area contributed by atoms with E-state index in [0.29, 0.717) is 0 Å². The largest absolute Gasteiger partial charge is 0.398 e. The quantitative estimate of drug-likeness (QED) is 0.151. The highest BCUT2D eigenvalue weighted by Crippen LogP contribution is 2.50. The summed E-state index contributed by atoms with van der Waals surface area (Å²) < 4.78 is 0. The average molecular weight is 785 g/mol. The summed E-state index contributed by atoms with van der Waals surface area (Å²) in [7, 11) is 0. The molecule has 0 saturated heterocycles. The zero-order chi connectivity index (χ0) is 41.7. The predicted molar refractivity (Wildman–Crippen MR) is 259 cm³/mol. The molecule has 0 aliphatic heterocycles. The van der Waals surface area contributed by atoms with Crippen LogP contribution in [0.15, 0.2) is 200 Å². The number of hydrogen-bond donors (Lipinski definition) is 2. The minimum atomic E-state index is -0.100. The van der Waals surface area contributed by atoms with Gasteiger partial charge in [0.1, 0.15) is 0 Å². The van der Waals surface area contributed by atoms with Crippen LogP contribution in [0.4, 0.5) is 11.4 Å². The highest BCUT2D eigenvalue weighted by Gasteiger charge is 2.35. The van der Waals surface area contributed by atoms with E-state index in [2.05, 4.69) is 209 Å². The molecule has 0 spiro atoms. The fourth-order valence-electron chi connectivity index (χ4n) is 9.62. The van der Waals surface area contributed by atoms with Gasteiger partial charge in [0.2, 0.25) is 0 Å². The molecule has 0 bridgehead atoms. The Bertz CT molecular complexity index is 3100. The minimum Gasteiger partial charge on any atom is -0.398 e. The standard InChI is InChI=1S/C59H48N2/c1-38-32-54(47-21-11-10-20-45(47)40-18-8-5-9-19-40)58(61)37-51(38)52-34-41(26-27-43(52)33-39-16-6-4-7-17-39)42-28-30-46(53(35-42)50-23-13-15-25-57(50)60)44-29-31-49-48-22-12-14-24-55(48)59(2,3)56(49)36-44/h4-32,34-37H,33,60-61H2,1-3H3. The zero-order valence-electron chi connectivity index (χ0n) is 34.9. The first kappa shape index (κ1) is 37.8. The fourth-order valence-corrected chi connectivity index (χ4v) is 9.62. The lowest BCUT2D eigenvalue weighted by Crippen LogP contribution is -2.14. The van der Waals surface area contributed by atoms with Crippen molar-refractivity contribution < 1.29 is 0 Å². The third-order valence-electron chi connectivity index (χ3n) is 12.8. The number of aryl methyl sites for hydroxylation is 1. The van der Waals surface area contributed by atoms with Gasteiger partial charge in [-0.15, -0.1) is 0 Å². The molecule has 10 rings (SSSR count). The summed E-state index contributed by atoms with van der Waals surface area (Å²) in [5, 5.41) is 0. The van der Waals surface area contributed by atoms with Crippen molar-refractivity contribution in [3.8, 4) is 77.9 Å². The van der Waals surface area contributed by atoms with E-state index in [0.717, 1.165) is 62.3 Å². The van der Waals surface area contributed by atoms with Crippen molar-refractivity contribution in [3.63, 3.8) is 0 Å². The summed E-state index contributed by atoms with van der Waals surface area (Å²) in [5.74, 6) is 0. The van der Waals surface area contributed by atoms with Gasteiger partial charge in [0.05, 0.1) is 0 Å². The summed E-state index contributed by atoms with van der Waals surface area (Å²) in [6.45, 7) is 6.89. The topological polar surface area (TPSA) is 52.0 Å². The Labute approximate surface area is 359 Å². The van der Waals surface area contributed by atoms with Gasteiger partial charge in [-0.2, -0.15) is 0 Å². The highest BCUT2D eigenvalue weighted by molar-refractivity contribution is 5.95. The Morgan fingerprint density at radius 1 is 0.344 bits per heavy atom. The van der Waals surface area contributed by atoms with Gasteiger partial charge in [-0.3, -0.25) is 0 Å². The molecule has 1 aliphatic rings. The van der Waals surface area contributed by atoms with Gasteiger partial charge in [0.15, 0.2) is 0 Å². The van der Waals surface area contributed by atoms with Gasteiger partial charge in [-0.25, -0.2) is 0 Å². The predicted octanol–water partition coefficient (Wildman–Crippen LogP) is 15.1. The van der Waals surface area contributed by atoms with Crippen molar-refractivity contribution in [2.24, 2.45) is 0 Å². The van der Waals surface area contributed by atoms with E-state index >= 15 is 0 Å². The summed E-state index contributed by atoms with van der Waals surface area (Å²) in [4.78, 5) is 0. The molecule has 4 N–H and O–H groups in total. The van der Waals surface area contributed by atoms with E-state index in [4.69, 9.17) is 11.5 Å². The molecule has 0 amide bonds. The summed E-state index contributed by atoms with van der Waals surface area (Å²) in [6, 6.07) is 72.1. The average Bonchev–Trinajstić information content (AvgIpc) is 3.53. The maximum Gasteiger partial charge on any atom is 0.0400 e. The smallest absolute Gasteiger partial charge is 0.0400 e. The van der Waals surface area contributed by atoms with Crippen LogP contribution in [0, 0.1) is 6.92 Å². The molecule has 2 heteroatoms. The first-order valence-corrected chi connectivity index (χ1v) is 21.2. The van der Waals surface area contributed by atoms with E-state index in [-0.39, 0.29) is 5.41 Å². The molecule has 61 heavy (non-hydrogen) atoms. The molecule has 294 valence electrons. The van der Waals surface area contributed by atoms with Crippen LogP contribution in [0.1, 0.15) is 41.7 Å². The lowest BCUT2D eigenvalue weighted by Gasteiger charge is -2.22. The molecule has 9 aromatic rings. The normalized spacial score (nSPS) is 12.5. The van der Waals surface area contributed by atoms with Crippen LogP contribution in [0.5, 0.6) is 0 Å². The molecule has 0 heterocycles. The zero-order valence-corrected chi connectivity index (χ0v) is 34.9. The molecule has 0 atom stereocenters. The number of hydrogen-bond acceptors (Lipinski definition) is 2. The lowest BCUT2D eigenvalue weighted by atomic mass is 9.81. The number of benzene rings is 9. The fraction of sp³-hybridized carbons (Fsp3) is 0.0847. The van der Waals surface area contributed by atoms with Crippen molar-refractivity contribution >= 4 is 11.4 Å². The SMILES string of the molecule is Cc1cc(-c2ccccc2-c2ccccc2)c(N)cc1-c1cc(-c2ccc(-c3ccc4c(c3)C(C)(C)c3ccccc3-4)c(-c3ccccc3N)c2)ccc1Cc1ccccc1. The lowest BCUT2D eigenvalue weighted by molar-refractivity contribution is 0.660. The maximum atomic E-state index is 7.09. The molecule has 0 unspecified atom stereocenters. The van der Waals surface area contributed by atoms with E-state index in [1.165, 1.54) is 61.2 Å². The van der Waals surface area contributed by atoms with Gasteiger partial charge in [0.25, 0.3) is 0 Å². The molecule has 0 saturated carbocycles. The Hall–Kier alpha value is -7.42. The number of anilines is 2. The van der Waals surface area contributed by atoms with Crippen molar-refractivity contribution in [2.75, 3.05) is 11.5 Å². The molecular formula is C59H48N2. The monoisotopic (exact) mass is 784 g/mol. The first-order chi connectivity index (χ1) is 29.7. The van der Waals surface area contributed by atoms with Gasteiger partial charge < -0.3 is 11.5 Å². The van der Waals surface area contributed by atoms with Crippen LogP contribution in [0.2, 0.25) is 0 Å². The molecule has 2 nitrogen and oxygen atoms in total. The molecule has 9 aromatic carbocycles. The summed E-state index contributed by atoms with van der Waals surface area (Å²) >= 11 is 0. The van der Waals surface area contributed by atoms with E-state index in [9.17, 15) is 0 Å². The molecular weight excluding hydrogens is 737 g/mol. The molecule has 1 aliphatic carbocycles. The second-order valence-corrected chi connectivity index (χ2v) is 17.0. The third-order valence-corrected chi connectivity index (χ3v) is 12.8. The van der Waals surface area contributed by atoms with Crippen LogP contribution in [0.3, 0.4) is 0 Å². The van der Waals surface area contributed by atoms with E-state index < -0.39 is 0 Å². The molecule has 0 fully saturated rings. The van der Waals surface area contributed by atoms with Crippen molar-refractivity contribution in [1.29, 1.82) is 0 Å². The van der Waals surface area contributed by atoms with Gasteiger partial charge >= 0.3 is 0 Å². The summed E-state index contributed by atoms with van der Waals surface area (Å²) in [6.07, 6.45) is 0.803. The second kappa shape index (κ2) is 15.3. The van der Waals surface area contributed by atoms with E-state index in [1.54, 1.807) is 0 Å². The number of rotatable bonds is 8. The van der Waals surface area contributed by atoms with Crippen LogP contribution >= 0.6 is 0 Å². The number of nitrogens with two attached hydrogens (primary N) is 2. The maximum absolute atomic E-state index is 7.09. The van der Waals surface area contributed by atoms with Gasteiger partial charge in [-0.1, -0.05) is 178 Å². The van der Waals surface area contributed by atoms with Crippen molar-refractivity contribution in [3.05, 3.63) is 228 Å². The highest BCUT2D eigenvalue weighted by atomic mass is 14.6. The van der Waals surface area contributed by atoms with Crippen LogP contribution in [-0.2, 0) is 11.8 Å². The molecule has 0 radical (unpaired) electrons. The van der Waals surface area contributed by atoms with Gasteiger partial charge in [0, 0.05) is 27.9 Å². The molecule has 0 aromatic heterocycles. The first-order valence-electron chi connectivity index (χ1n) is 21.2. The second-order valence-electron chi connectivity index (χ2n) is 17.0. The Balaban J connectivity index is 1.11.